The fourth-order valence-corrected chi connectivity index (χ4v) is 1.68. The highest BCUT2D eigenvalue weighted by molar-refractivity contribution is 5.76. The van der Waals surface area contributed by atoms with Gasteiger partial charge >= 0.3 is 0 Å². The second-order valence-corrected chi connectivity index (χ2v) is 3.93. The van der Waals surface area contributed by atoms with Crippen molar-refractivity contribution in [2.45, 2.75) is 13.8 Å². The first-order valence-corrected chi connectivity index (χ1v) is 5.86. The van der Waals surface area contributed by atoms with E-state index in [1.165, 1.54) is 5.56 Å². The molecule has 2 N–H and O–H groups in total. The minimum Gasteiger partial charge on any atom is -0.387 e. The second-order valence-electron chi connectivity index (χ2n) is 3.93. The lowest BCUT2D eigenvalue weighted by Crippen LogP contribution is -2.36. The summed E-state index contributed by atoms with van der Waals surface area (Å²) in [5.41, 5.74) is 2.38. The van der Waals surface area contributed by atoms with Gasteiger partial charge in [0.15, 0.2) is 0 Å². The Morgan fingerprint density at radius 3 is 2.82 bits per heavy atom. The quantitative estimate of drug-likeness (QED) is 0.772. The number of nitrogens with one attached hydrogen (secondary N) is 1. The maximum atomic E-state index is 10.9. The number of anilines is 1. The van der Waals surface area contributed by atoms with Crippen molar-refractivity contribution in [3.05, 3.63) is 29.8 Å². The number of aliphatic hydroxyl groups excluding tert-OH is 1. The van der Waals surface area contributed by atoms with E-state index < -0.39 is 6.61 Å². The molecule has 0 unspecified atom stereocenters. The molecule has 1 rings (SSSR count). The molecule has 1 aromatic rings. The van der Waals surface area contributed by atoms with E-state index in [0.717, 1.165) is 18.8 Å². The number of carbonyl (C=O) groups is 1. The van der Waals surface area contributed by atoms with Gasteiger partial charge in [0.1, 0.15) is 6.61 Å². The number of aliphatic hydroxyl groups is 1. The van der Waals surface area contributed by atoms with Gasteiger partial charge in [-0.15, -0.1) is 0 Å². The Bertz CT molecular complexity index is 366. The summed E-state index contributed by atoms with van der Waals surface area (Å²) in [7, 11) is 0. The average molecular weight is 236 g/mol. The Morgan fingerprint density at radius 2 is 2.24 bits per heavy atom. The van der Waals surface area contributed by atoms with Gasteiger partial charge in [-0.2, -0.15) is 0 Å². The third-order valence-electron chi connectivity index (χ3n) is 2.60. The number of hydrogen-bond donors (Lipinski definition) is 2. The smallest absolute Gasteiger partial charge is 0.245 e. The molecular weight excluding hydrogens is 216 g/mol. The lowest BCUT2D eigenvalue weighted by atomic mass is 10.2. The highest BCUT2D eigenvalue weighted by Crippen LogP contribution is 2.14. The molecule has 0 aromatic heterocycles. The summed E-state index contributed by atoms with van der Waals surface area (Å²) < 4.78 is 0. The van der Waals surface area contributed by atoms with Crippen molar-refractivity contribution < 1.29 is 9.90 Å². The molecule has 0 fully saturated rings. The molecule has 17 heavy (non-hydrogen) atoms. The Balaban J connectivity index is 2.51. The number of likely N-dealkylation sites (N-methyl/N-ethyl adjacent to an activating group) is 1. The molecule has 0 radical (unpaired) electrons. The zero-order valence-electron chi connectivity index (χ0n) is 10.4. The van der Waals surface area contributed by atoms with Crippen molar-refractivity contribution in [2.24, 2.45) is 0 Å². The molecule has 0 bridgehead atoms. The first-order chi connectivity index (χ1) is 8.17. The van der Waals surface area contributed by atoms with Crippen LogP contribution in [0.1, 0.15) is 12.5 Å². The third-order valence-corrected chi connectivity index (χ3v) is 2.60. The Kier molecular flexibility index (Phi) is 5.49. The topological polar surface area (TPSA) is 52.6 Å². The highest BCUT2D eigenvalue weighted by Gasteiger charge is 2.04. The van der Waals surface area contributed by atoms with Crippen LogP contribution in [0, 0.1) is 6.92 Å². The van der Waals surface area contributed by atoms with Crippen molar-refractivity contribution in [3.8, 4) is 0 Å². The van der Waals surface area contributed by atoms with Crippen molar-refractivity contribution in [1.82, 2.24) is 5.32 Å². The number of amides is 1. The minimum atomic E-state index is -0.448. The van der Waals surface area contributed by atoms with Gasteiger partial charge < -0.3 is 15.3 Å². The van der Waals surface area contributed by atoms with Gasteiger partial charge in [0.25, 0.3) is 0 Å². The van der Waals surface area contributed by atoms with Crippen molar-refractivity contribution >= 4 is 11.6 Å². The van der Waals surface area contributed by atoms with E-state index >= 15 is 0 Å². The van der Waals surface area contributed by atoms with Gasteiger partial charge in [-0.3, -0.25) is 4.79 Å². The van der Waals surface area contributed by atoms with E-state index in [-0.39, 0.29) is 5.91 Å². The van der Waals surface area contributed by atoms with Crippen LogP contribution in [0.4, 0.5) is 5.69 Å². The predicted molar refractivity (Wildman–Crippen MR) is 69.2 cm³/mol. The van der Waals surface area contributed by atoms with Crippen LogP contribution in [0.3, 0.4) is 0 Å². The molecular formula is C13H20N2O2. The largest absolute Gasteiger partial charge is 0.387 e. The summed E-state index contributed by atoms with van der Waals surface area (Å²) in [6.45, 7) is 5.86. The molecule has 0 aliphatic heterocycles. The van der Waals surface area contributed by atoms with E-state index in [1.807, 2.05) is 6.07 Å². The monoisotopic (exact) mass is 236 g/mol. The van der Waals surface area contributed by atoms with E-state index in [0.29, 0.717) is 6.54 Å². The van der Waals surface area contributed by atoms with Gasteiger partial charge in [-0.25, -0.2) is 0 Å². The molecule has 0 atom stereocenters. The molecule has 4 heteroatoms. The van der Waals surface area contributed by atoms with Gasteiger partial charge in [0.2, 0.25) is 5.91 Å². The van der Waals surface area contributed by atoms with Gasteiger partial charge in [0.05, 0.1) is 0 Å². The first-order valence-electron chi connectivity index (χ1n) is 5.86. The normalized spacial score (nSPS) is 10.1. The summed E-state index contributed by atoms with van der Waals surface area (Å²) in [6, 6.07) is 8.27. The lowest BCUT2D eigenvalue weighted by molar-refractivity contribution is -0.123. The molecule has 1 aromatic carbocycles. The number of rotatable bonds is 6. The summed E-state index contributed by atoms with van der Waals surface area (Å²) in [4.78, 5) is 13.1. The molecule has 0 aliphatic rings. The van der Waals surface area contributed by atoms with Crippen LogP contribution in [-0.2, 0) is 4.79 Å². The van der Waals surface area contributed by atoms with E-state index in [2.05, 4.69) is 42.3 Å². The van der Waals surface area contributed by atoms with Crippen LogP contribution in [0.25, 0.3) is 0 Å². The standard InChI is InChI=1S/C13H20N2O2/c1-3-15(8-7-14-13(17)10-16)12-6-4-5-11(2)9-12/h4-6,9,16H,3,7-8,10H2,1-2H3,(H,14,17). The molecule has 0 saturated heterocycles. The maximum Gasteiger partial charge on any atom is 0.245 e. The maximum absolute atomic E-state index is 10.9. The van der Waals surface area contributed by atoms with Crippen molar-refractivity contribution in [2.75, 3.05) is 31.1 Å². The third kappa shape index (κ3) is 4.44. The summed E-state index contributed by atoms with van der Waals surface area (Å²) in [5, 5.41) is 11.2. The summed E-state index contributed by atoms with van der Waals surface area (Å²) in [6.07, 6.45) is 0. The SMILES string of the molecule is CCN(CCNC(=O)CO)c1cccc(C)c1. The summed E-state index contributed by atoms with van der Waals surface area (Å²) >= 11 is 0. The number of nitrogens with zero attached hydrogens (tertiary/aromatic N) is 1. The van der Waals surface area contributed by atoms with E-state index in [1.54, 1.807) is 0 Å². The van der Waals surface area contributed by atoms with E-state index in [9.17, 15) is 4.79 Å². The van der Waals surface area contributed by atoms with Gasteiger partial charge in [-0.05, 0) is 31.5 Å². The molecule has 0 aliphatic carbocycles. The van der Waals surface area contributed by atoms with Gasteiger partial charge in [-0.1, -0.05) is 12.1 Å². The number of carbonyl (C=O) groups excluding carboxylic acids is 1. The second kappa shape index (κ2) is 6.91. The zero-order chi connectivity index (χ0) is 12.7. The molecule has 0 saturated carbocycles. The fraction of sp³-hybridized carbons (Fsp3) is 0.462. The van der Waals surface area contributed by atoms with Crippen LogP contribution in [0.2, 0.25) is 0 Å². The van der Waals surface area contributed by atoms with Crippen LogP contribution >= 0.6 is 0 Å². The van der Waals surface area contributed by atoms with Crippen molar-refractivity contribution in [3.63, 3.8) is 0 Å². The van der Waals surface area contributed by atoms with Gasteiger partial charge in [0, 0.05) is 25.3 Å². The van der Waals surface area contributed by atoms with Crippen molar-refractivity contribution in [1.29, 1.82) is 0 Å². The highest BCUT2D eigenvalue weighted by atomic mass is 16.3. The molecule has 0 heterocycles. The Labute approximate surface area is 102 Å². The zero-order valence-corrected chi connectivity index (χ0v) is 10.4. The van der Waals surface area contributed by atoms with E-state index in [4.69, 9.17) is 5.11 Å². The number of aryl methyl sites for hydroxylation is 1. The summed E-state index contributed by atoms with van der Waals surface area (Å²) in [5.74, 6) is -0.328. The van der Waals surface area contributed by atoms with Crippen LogP contribution in [0.5, 0.6) is 0 Å². The molecule has 4 nitrogen and oxygen atoms in total. The van der Waals surface area contributed by atoms with Crippen LogP contribution in [-0.4, -0.2) is 37.3 Å². The molecule has 1 amide bonds. The first kappa shape index (κ1) is 13.5. The Hall–Kier alpha value is -1.55. The number of hydrogen-bond acceptors (Lipinski definition) is 3. The lowest BCUT2D eigenvalue weighted by Gasteiger charge is -2.23. The molecule has 94 valence electrons. The average Bonchev–Trinajstić information content (AvgIpc) is 2.34. The Morgan fingerprint density at radius 1 is 1.47 bits per heavy atom. The van der Waals surface area contributed by atoms with Crippen LogP contribution < -0.4 is 10.2 Å². The fourth-order valence-electron chi connectivity index (χ4n) is 1.68. The van der Waals surface area contributed by atoms with Crippen LogP contribution in [0.15, 0.2) is 24.3 Å². The minimum absolute atomic E-state index is 0.328. The predicted octanol–water partition coefficient (Wildman–Crippen LogP) is 0.930. The number of benzene rings is 1. The molecule has 0 spiro atoms.